The minimum Gasteiger partial charge on any atom is -0.469 e. The van der Waals surface area contributed by atoms with Crippen molar-refractivity contribution in [3.63, 3.8) is 0 Å². The number of esters is 1. The van der Waals surface area contributed by atoms with Gasteiger partial charge in [-0.05, 0) is 73.4 Å². The maximum atomic E-state index is 12.8. The number of hydrogen-bond donors (Lipinski definition) is 1. The molecule has 1 fully saturated rings. The number of amides is 1. The summed E-state index contributed by atoms with van der Waals surface area (Å²) in [5.74, 6) is 0.488. The van der Waals surface area contributed by atoms with E-state index in [-0.39, 0.29) is 17.8 Å². The number of hydrogen-bond acceptors (Lipinski definition) is 7. The van der Waals surface area contributed by atoms with Gasteiger partial charge < -0.3 is 10.1 Å². The fraction of sp³-hybridized carbons (Fsp3) is 0.462. The molecule has 1 aliphatic rings. The lowest BCUT2D eigenvalue weighted by Gasteiger charge is -2.26. The number of aromatic nitrogens is 5. The SMILES string of the molecule is CCc1cccc(CNC(=O)c2cc(-c3nnn(C[C@H]4CC[C@H](C(=O)OC)CC4)n3)cc(C)n2)c1. The van der Waals surface area contributed by atoms with E-state index in [4.69, 9.17) is 4.74 Å². The number of ether oxygens (including phenoxy) is 1. The van der Waals surface area contributed by atoms with Crippen LogP contribution in [0.2, 0.25) is 0 Å². The minimum absolute atomic E-state index is 0.00420. The Bertz CT molecular complexity index is 1180. The zero-order chi connectivity index (χ0) is 24.8. The minimum atomic E-state index is -0.244. The molecule has 1 aliphatic carbocycles. The Morgan fingerprint density at radius 3 is 2.63 bits per heavy atom. The van der Waals surface area contributed by atoms with Crippen LogP contribution in [0.5, 0.6) is 0 Å². The third kappa shape index (κ3) is 6.29. The largest absolute Gasteiger partial charge is 0.469 e. The molecule has 1 aromatic carbocycles. The van der Waals surface area contributed by atoms with E-state index in [1.54, 1.807) is 10.9 Å². The van der Waals surface area contributed by atoms with E-state index >= 15 is 0 Å². The van der Waals surface area contributed by atoms with Gasteiger partial charge >= 0.3 is 5.97 Å². The predicted molar refractivity (Wildman–Crippen MR) is 130 cm³/mol. The van der Waals surface area contributed by atoms with E-state index in [0.717, 1.165) is 37.7 Å². The smallest absolute Gasteiger partial charge is 0.308 e. The molecule has 0 unspecified atom stereocenters. The molecule has 1 amide bonds. The first-order valence-electron chi connectivity index (χ1n) is 12.2. The van der Waals surface area contributed by atoms with E-state index in [1.165, 1.54) is 12.7 Å². The van der Waals surface area contributed by atoms with Gasteiger partial charge in [-0.3, -0.25) is 9.59 Å². The Labute approximate surface area is 205 Å². The molecule has 9 heteroatoms. The van der Waals surface area contributed by atoms with Crippen molar-refractivity contribution in [3.8, 4) is 11.4 Å². The second-order valence-electron chi connectivity index (χ2n) is 9.15. The molecular weight excluding hydrogens is 444 g/mol. The van der Waals surface area contributed by atoms with Crippen molar-refractivity contribution in [1.82, 2.24) is 30.5 Å². The van der Waals surface area contributed by atoms with Gasteiger partial charge in [-0.1, -0.05) is 31.2 Å². The van der Waals surface area contributed by atoms with Crippen LogP contribution in [0.1, 0.15) is 59.9 Å². The molecule has 1 N–H and O–H groups in total. The number of carbonyl (C=O) groups excluding carboxylic acids is 2. The number of nitrogens with one attached hydrogen (secondary N) is 1. The van der Waals surface area contributed by atoms with Gasteiger partial charge in [0.1, 0.15) is 5.69 Å². The molecule has 0 atom stereocenters. The molecule has 2 aromatic heterocycles. The van der Waals surface area contributed by atoms with Gasteiger partial charge in [0.25, 0.3) is 5.91 Å². The van der Waals surface area contributed by atoms with Gasteiger partial charge in [0.15, 0.2) is 0 Å². The lowest BCUT2D eigenvalue weighted by atomic mass is 9.82. The first-order chi connectivity index (χ1) is 16.9. The molecule has 0 radical (unpaired) electrons. The summed E-state index contributed by atoms with van der Waals surface area (Å²) >= 11 is 0. The summed E-state index contributed by atoms with van der Waals surface area (Å²) in [6, 6.07) is 11.7. The van der Waals surface area contributed by atoms with Crippen LogP contribution < -0.4 is 5.32 Å². The zero-order valence-corrected chi connectivity index (χ0v) is 20.5. The monoisotopic (exact) mass is 476 g/mol. The number of aryl methyl sites for hydroxylation is 2. The number of benzene rings is 1. The number of tetrazole rings is 1. The van der Waals surface area contributed by atoms with E-state index in [9.17, 15) is 9.59 Å². The van der Waals surface area contributed by atoms with Crippen LogP contribution in [-0.2, 0) is 29.0 Å². The molecule has 0 spiro atoms. The highest BCUT2D eigenvalue weighted by Gasteiger charge is 2.27. The van der Waals surface area contributed by atoms with Crippen LogP contribution >= 0.6 is 0 Å². The van der Waals surface area contributed by atoms with Crippen molar-refractivity contribution in [2.75, 3.05) is 7.11 Å². The van der Waals surface area contributed by atoms with Gasteiger partial charge in [-0.25, -0.2) is 4.98 Å². The highest BCUT2D eigenvalue weighted by molar-refractivity contribution is 5.93. The second-order valence-corrected chi connectivity index (χ2v) is 9.15. The molecule has 0 aliphatic heterocycles. The summed E-state index contributed by atoms with van der Waals surface area (Å²) in [6.45, 7) is 5.03. The Hall–Kier alpha value is -3.62. The van der Waals surface area contributed by atoms with Gasteiger partial charge in [0, 0.05) is 17.8 Å². The second kappa shape index (κ2) is 11.2. The Morgan fingerprint density at radius 2 is 1.89 bits per heavy atom. The number of pyridine rings is 1. The molecule has 1 saturated carbocycles. The van der Waals surface area contributed by atoms with E-state index < -0.39 is 0 Å². The van der Waals surface area contributed by atoms with Gasteiger partial charge in [-0.2, -0.15) is 4.80 Å². The van der Waals surface area contributed by atoms with Crippen molar-refractivity contribution in [1.29, 1.82) is 0 Å². The van der Waals surface area contributed by atoms with E-state index in [0.29, 0.717) is 41.8 Å². The van der Waals surface area contributed by atoms with Crippen LogP contribution in [0.3, 0.4) is 0 Å². The van der Waals surface area contributed by atoms with Crippen LogP contribution in [0.15, 0.2) is 36.4 Å². The highest BCUT2D eigenvalue weighted by atomic mass is 16.5. The van der Waals surface area contributed by atoms with E-state index in [1.807, 2.05) is 25.1 Å². The normalized spacial score (nSPS) is 17.7. The number of nitrogens with zero attached hydrogens (tertiary/aromatic N) is 5. The van der Waals surface area contributed by atoms with Crippen molar-refractivity contribution in [3.05, 3.63) is 58.9 Å². The number of carbonyl (C=O) groups is 2. The summed E-state index contributed by atoms with van der Waals surface area (Å²) in [5, 5.41) is 15.9. The Morgan fingerprint density at radius 1 is 1.11 bits per heavy atom. The van der Waals surface area contributed by atoms with Crippen LogP contribution in [0.4, 0.5) is 0 Å². The first-order valence-corrected chi connectivity index (χ1v) is 12.2. The summed E-state index contributed by atoms with van der Waals surface area (Å²) in [4.78, 5) is 30.5. The summed E-state index contributed by atoms with van der Waals surface area (Å²) in [6.07, 6.45) is 4.45. The lowest BCUT2D eigenvalue weighted by molar-refractivity contribution is -0.146. The molecular formula is C26H32N6O3. The van der Waals surface area contributed by atoms with Crippen molar-refractivity contribution >= 4 is 11.9 Å². The molecule has 0 saturated heterocycles. The molecule has 9 nitrogen and oxygen atoms in total. The zero-order valence-electron chi connectivity index (χ0n) is 20.5. The van der Waals surface area contributed by atoms with Gasteiger partial charge in [0.05, 0.1) is 19.6 Å². The maximum absolute atomic E-state index is 12.8. The summed E-state index contributed by atoms with van der Waals surface area (Å²) in [5.41, 5.74) is 4.02. The first kappa shape index (κ1) is 24.5. The molecule has 184 valence electrons. The molecule has 2 heterocycles. The molecule has 4 rings (SSSR count). The highest BCUT2D eigenvalue weighted by Crippen LogP contribution is 2.30. The topological polar surface area (TPSA) is 112 Å². The van der Waals surface area contributed by atoms with Crippen molar-refractivity contribution in [2.45, 2.75) is 59.0 Å². The molecule has 35 heavy (non-hydrogen) atoms. The standard InChI is InChI=1S/C26H32N6O3/c1-4-18-6-5-7-20(13-18)15-27-25(33)23-14-22(12-17(2)28-23)24-29-31-32(30-24)16-19-8-10-21(11-9-19)26(34)35-3/h5-7,12-14,19,21H,4,8-11,15-16H2,1-3H3,(H,27,33)/t19-,21-. The summed E-state index contributed by atoms with van der Waals surface area (Å²) < 4.78 is 4.87. The average Bonchev–Trinajstić information content (AvgIpc) is 3.35. The van der Waals surface area contributed by atoms with Crippen molar-refractivity contribution in [2.24, 2.45) is 11.8 Å². The van der Waals surface area contributed by atoms with E-state index in [2.05, 4.69) is 44.8 Å². The summed E-state index contributed by atoms with van der Waals surface area (Å²) in [7, 11) is 1.44. The average molecular weight is 477 g/mol. The van der Waals surface area contributed by atoms with Crippen LogP contribution in [0.25, 0.3) is 11.4 Å². The predicted octanol–water partition coefficient (Wildman–Crippen LogP) is 3.52. The quantitative estimate of drug-likeness (QED) is 0.495. The fourth-order valence-corrected chi connectivity index (χ4v) is 4.56. The van der Waals surface area contributed by atoms with Crippen molar-refractivity contribution < 1.29 is 14.3 Å². The van der Waals surface area contributed by atoms with Gasteiger partial charge in [-0.15, -0.1) is 10.2 Å². The third-order valence-electron chi connectivity index (χ3n) is 6.55. The Kier molecular flexibility index (Phi) is 7.84. The van der Waals surface area contributed by atoms with Crippen LogP contribution in [0, 0.1) is 18.8 Å². The maximum Gasteiger partial charge on any atom is 0.308 e. The number of methoxy groups -OCH3 is 1. The fourth-order valence-electron chi connectivity index (χ4n) is 4.56. The molecule has 0 bridgehead atoms. The third-order valence-corrected chi connectivity index (χ3v) is 6.55. The van der Waals surface area contributed by atoms with Gasteiger partial charge in [0.2, 0.25) is 5.82 Å². The lowest BCUT2D eigenvalue weighted by Crippen LogP contribution is -2.25. The Balaban J connectivity index is 1.39. The molecule has 3 aromatic rings. The van der Waals surface area contributed by atoms with Crippen LogP contribution in [-0.4, -0.2) is 44.2 Å². The number of rotatable bonds is 8.